The number of aromatic amines is 1. The number of benzene rings is 1. The Hall–Kier alpha value is -2.54. The van der Waals surface area contributed by atoms with E-state index in [1.165, 1.54) is 19.3 Å². The van der Waals surface area contributed by atoms with E-state index in [2.05, 4.69) is 15.5 Å². The Kier molecular flexibility index (Phi) is 5.38. The number of amides is 1. The molecule has 4 N–H and O–H groups in total. The lowest BCUT2D eigenvalue weighted by atomic mass is 9.49. The fraction of sp³-hybridized carbons (Fsp3) is 0.583. The summed E-state index contributed by atoms with van der Waals surface area (Å²) in [6, 6.07) is 7.56. The minimum atomic E-state index is -0.200. The number of methoxy groups -OCH3 is 1. The zero-order valence-electron chi connectivity index (χ0n) is 18.2. The average Bonchev–Trinajstić information content (AvgIpc) is 3.20. The van der Waals surface area contributed by atoms with Crippen LogP contribution in [0.2, 0.25) is 0 Å². The number of nitrogens with two attached hydrogens (primary N) is 1. The maximum atomic E-state index is 13.4. The van der Waals surface area contributed by atoms with Gasteiger partial charge in [-0.15, -0.1) is 0 Å². The van der Waals surface area contributed by atoms with Gasteiger partial charge in [0.25, 0.3) is 0 Å². The van der Waals surface area contributed by atoms with Gasteiger partial charge in [0.15, 0.2) is 5.82 Å². The number of H-pyrrole nitrogens is 1. The van der Waals surface area contributed by atoms with Gasteiger partial charge in [0.05, 0.1) is 30.4 Å². The number of rotatable bonds is 8. The molecule has 166 valence electrons. The Morgan fingerprint density at radius 2 is 1.87 bits per heavy atom. The second-order valence-electron chi connectivity index (χ2n) is 9.64. The van der Waals surface area contributed by atoms with Crippen molar-refractivity contribution in [1.82, 2.24) is 10.2 Å². The second-order valence-corrected chi connectivity index (χ2v) is 9.64. The lowest BCUT2D eigenvalue weighted by molar-refractivity contribution is -0.140. The van der Waals surface area contributed by atoms with E-state index in [1.54, 1.807) is 7.11 Å². The molecule has 0 atom stereocenters. The van der Waals surface area contributed by atoms with Crippen LogP contribution in [0.3, 0.4) is 0 Å². The summed E-state index contributed by atoms with van der Waals surface area (Å²) in [5, 5.41) is 10.6. The highest BCUT2D eigenvalue weighted by molar-refractivity contribution is 5.95. The molecule has 4 aliphatic carbocycles. The highest BCUT2D eigenvalue weighted by Crippen LogP contribution is 2.60. The van der Waals surface area contributed by atoms with Gasteiger partial charge in [-0.2, -0.15) is 5.10 Å². The molecular formula is C24H32N4O3. The summed E-state index contributed by atoms with van der Waals surface area (Å²) in [7, 11) is 1.63. The first-order valence-corrected chi connectivity index (χ1v) is 11.5. The minimum absolute atomic E-state index is 0.143. The van der Waals surface area contributed by atoms with Crippen LogP contribution in [0.1, 0.15) is 44.9 Å². The molecule has 6 rings (SSSR count). The van der Waals surface area contributed by atoms with Crippen LogP contribution in [0, 0.1) is 23.2 Å². The Balaban J connectivity index is 1.36. The van der Waals surface area contributed by atoms with Crippen molar-refractivity contribution in [2.24, 2.45) is 28.9 Å². The quantitative estimate of drug-likeness (QED) is 0.557. The third-order valence-corrected chi connectivity index (χ3v) is 7.42. The van der Waals surface area contributed by atoms with E-state index in [4.69, 9.17) is 15.2 Å². The van der Waals surface area contributed by atoms with Gasteiger partial charge in [0.2, 0.25) is 5.91 Å². The van der Waals surface area contributed by atoms with E-state index < -0.39 is 0 Å². The number of anilines is 1. The van der Waals surface area contributed by atoms with E-state index in [-0.39, 0.29) is 11.3 Å². The molecule has 4 saturated carbocycles. The average molecular weight is 425 g/mol. The number of nitrogens with zero attached hydrogens (tertiary/aromatic N) is 1. The van der Waals surface area contributed by atoms with Crippen molar-refractivity contribution in [3.05, 3.63) is 24.3 Å². The van der Waals surface area contributed by atoms with Crippen LogP contribution in [0.5, 0.6) is 11.5 Å². The van der Waals surface area contributed by atoms with E-state index >= 15 is 0 Å². The second kappa shape index (κ2) is 8.19. The maximum Gasteiger partial charge on any atom is 0.231 e. The Labute approximate surface area is 183 Å². The van der Waals surface area contributed by atoms with E-state index in [1.807, 2.05) is 24.3 Å². The number of nitrogens with one attached hydrogen (secondary N) is 2. The molecular weight excluding hydrogens is 392 g/mol. The molecule has 4 aliphatic rings. The highest BCUT2D eigenvalue weighted by atomic mass is 16.5. The standard InChI is InChI=1S/C24H32N4O3/c1-30-19-4-2-5-20(31-7-3-6-25)22(19)18-11-21(28-27-18)26-23(29)24-12-15-8-16(13-24)10-17(9-15)14-24/h2,4-5,11,15-17H,3,6-10,12-14,25H2,1H3,(H2,26,27,28,29). The summed E-state index contributed by atoms with van der Waals surface area (Å²) in [5.41, 5.74) is 6.94. The first-order chi connectivity index (χ1) is 15.1. The van der Waals surface area contributed by atoms with Crippen molar-refractivity contribution >= 4 is 11.7 Å². The van der Waals surface area contributed by atoms with Crippen LogP contribution in [0.25, 0.3) is 11.3 Å². The van der Waals surface area contributed by atoms with Crippen molar-refractivity contribution in [1.29, 1.82) is 0 Å². The zero-order valence-corrected chi connectivity index (χ0v) is 18.2. The summed E-state index contributed by atoms with van der Waals surface area (Å²) in [6.07, 6.45) is 7.83. The molecule has 4 bridgehead atoms. The van der Waals surface area contributed by atoms with Gasteiger partial charge in [0.1, 0.15) is 11.5 Å². The summed E-state index contributed by atoms with van der Waals surface area (Å²) >= 11 is 0. The number of carbonyl (C=O) groups is 1. The molecule has 1 aromatic heterocycles. The van der Waals surface area contributed by atoms with Crippen molar-refractivity contribution in [3.8, 4) is 22.8 Å². The topological polar surface area (TPSA) is 102 Å². The van der Waals surface area contributed by atoms with E-state index in [0.717, 1.165) is 54.7 Å². The minimum Gasteiger partial charge on any atom is -0.496 e. The molecule has 7 nitrogen and oxygen atoms in total. The summed E-state index contributed by atoms with van der Waals surface area (Å²) in [5.74, 6) is 4.28. The van der Waals surface area contributed by atoms with Gasteiger partial charge >= 0.3 is 0 Å². The lowest BCUT2D eigenvalue weighted by Gasteiger charge is -2.55. The van der Waals surface area contributed by atoms with Gasteiger partial charge in [-0.25, -0.2) is 0 Å². The zero-order chi connectivity index (χ0) is 21.4. The van der Waals surface area contributed by atoms with Crippen LogP contribution in [0.4, 0.5) is 5.82 Å². The lowest BCUT2D eigenvalue weighted by Crippen LogP contribution is -2.51. The first kappa shape index (κ1) is 20.4. The molecule has 0 saturated heterocycles. The fourth-order valence-corrected chi connectivity index (χ4v) is 6.48. The third-order valence-electron chi connectivity index (χ3n) is 7.42. The van der Waals surface area contributed by atoms with Gasteiger partial charge < -0.3 is 20.5 Å². The maximum absolute atomic E-state index is 13.4. The predicted octanol–water partition coefficient (Wildman–Crippen LogP) is 3.97. The van der Waals surface area contributed by atoms with E-state index in [0.29, 0.717) is 30.5 Å². The summed E-state index contributed by atoms with van der Waals surface area (Å²) < 4.78 is 11.5. The van der Waals surface area contributed by atoms with Crippen molar-refractivity contribution < 1.29 is 14.3 Å². The number of aromatic nitrogens is 2. The fourth-order valence-electron chi connectivity index (χ4n) is 6.48. The van der Waals surface area contributed by atoms with Crippen LogP contribution in [-0.4, -0.2) is 36.4 Å². The predicted molar refractivity (Wildman–Crippen MR) is 119 cm³/mol. The number of ether oxygens (including phenoxy) is 2. The molecule has 2 aromatic rings. The van der Waals surface area contributed by atoms with Crippen molar-refractivity contribution in [2.75, 3.05) is 25.6 Å². The Bertz CT molecular complexity index is 919. The molecule has 0 unspecified atom stereocenters. The van der Waals surface area contributed by atoms with Crippen molar-refractivity contribution in [2.45, 2.75) is 44.9 Å². The molecule has 0 aliphatic heterocycles. The molecule has 0 radical (unpaired) electrons. The summed E-state index contributed by atoms with van der Waals surface area (Å²) in [6.45, 7) is 1.10. The normalized spacial score (nSPS) is 28.5. The van der Waals surface area contributed by atoms with Crippen LogP contribution in [-0.2, 0) is 4.79 Å². The number of hydrogen-bond donors (Lipinski definition) is 3. The monoisotopic (exact) mass is 424 g/mol. The molecule has 1 amide bonds. The van der Waals surface area contributed by atoms with Crippen molar-refractivity contribution in [3.63, 3.8) is 0 Å². The highest BCUT2D eigenvalue weighted by Gasteiger charge is 2.54. The summed E-state index contributed by atoms with van der Waals surface area (Å²) in [4.78, 5) is 13.4. The Morgan fingerprint density at radius 1 is 1.19 bits per heavy atom. The first-order valence-electron chi connectivity index (χ1n) is 11.5. The van der Waals surface area contributed by atoms with Gasteiger partial charge in [-0.1, -0.05) is 6.07 Å². The van der Waals surface area contributed by atoms with Crippen LogP contribution in [0.15, 0.2) is 24.3 Å². The number of hydrogen-bond acceptors (Lipinski definition) is 5. The van der Waals surface area contributed by atoms with Crippen LogP contribution >= 0.6 is 0 Å². The molecule has 1 aromatic carbocycles. The SMILES string of the molecule is COc1cccc(OCCCN)c1-c1cc(NC(=O)C23CC4CC(CC(C4)C2)C3)n[nH]1. The third kappa shape index (κ3) is 3.80. The van der Waals surface area contributed by atoms with Gasteiger partial charge in [-0.3, -0.25) is 9.89 Å². The molecule has 7 heteroatoms. The smallest absolute Gasteiger partial charge is 0.231 e. The molecule has 1 heterocycles. The molecule has 4 fully saturated rings. The largest absolute Gasteiger partial charge is 0.496 e. The van der Waals surface area contributed by atoms with Crippen LogP contribution < -0.4 is 20.5 Å². The number of carbonyl (C=O) groups excluding carboxylic acids is 1. The van der Waals surface area contributed by atoms with Gasteiger partial charge in [0, 0.05) is 6.07 Å². The molecule has 31 heavy (non-hydrogen) atoms. The Morgan fingerprint density at radius 3 is 2.52 bits per heavy atom. The van der Waals surface area contributed by atoms with E-state index in [9.17, 15) is 4.79 Å². The molecule has 0 spiro atoms. The van der Waals surface area contributed by atoms with Gasteiger partial charge in [-0.05, 0) is 81.4 Å².